The van der Waals surface area contributed by atoms with Gasteiger partial charge >= 0.3 is 6.09 Å². The average Bonchev–Trinajstić information content (AvgIpc) is 3.46. The molecule has 1 aliphatic carbocycles. The molecule has 0 aromatic heterocycles. The third kappa shape index (κ3) is 4.47. The third-order valence-electron chi connectivity index (χ3n) is 3.85. The van der Waals surface area contributed by atoms with Crippen molar-refractivity contribution in [3.63, 3.8) is 0 Å². The highest BCUT2D eigenvalue weighted by atomic mass is 16.6. The fraction of sp³-hybridized carbons (Fsp3) is 0.200. The molecule has 2 aromatic rings. The molecule has 5 heteroatoms. The zero-order chi connectivity index (χ0) is 17.6. The lowest BCUT2D eigenvalue weighted by atomic mass is 10.3. The molecule has 128 valence electrons. The number of nitrogens with zero attached hydrogens (tertiary/aromatic N) is 1. The van der Waals surface area contributed by atoms with Gasteiger partial charge in [0.2, 0.25) is 5.91 Å². The second kappa shape index (κ2) is 7.66. The minimum absolute atomic E-state index is 0.0149. The second-order valence-corrected chi connectivity index (χ2v) is 5.89. The van der Waals surface area contributed by atoms with Gasteiger partial charge in [-0.15, -0.1) is 6.58 Å². The Kier molecular flexibility index (Phi) is 5.14. The van der Waals surface area contributed by atoms with E-state index in [-0.39, 0.29) is 11.8 Å². The number of benzene rings is 2. The summed E-state index contributed by atoms with van der Waals surface area (Å²) in [5.74, 6) is 0.511. The Morgan fingerprint density at radius 3 is 2.60 bits per heavy atom. The number of anilines is 2. The van der Waals surface area contributed by atoms with Gasteiger partial charge in [-0.25, -0.2) is 4.79 Å². The molecular formula is C20H20N2O3. The molecule has 1 saturated carbocycles. The van der Waals surface area contributed by atoms with Crippen LogP contribution in [0.4, 0.5) is 16.2 Å². The molecule has 5 nitrogen and oxygen atoms in total. The zero-order valence-electron chi connectivity index (χ0n) is 13.9. The van der Waals surface area contributed by atoms with Gasteiger partial charge in [-0.2, -0.15) is 0 Å². The van der Waals surface area contributed by atoms with Crippen molar-refractivity contribution in [3.05, 3.63) is 67.3 Å². The van der Waals surface area contributed by atoms with Crippen molar-refractivity contribution in [2.24, 2.45) is 5.92 Å². The van der Waals surface area contributed by atoms with Crippen molar-refractivity contribution in [2.45, 2.75) is 12.8 Å². The van der Waals surface area contributed by atoms with E-state index >= 15 is 0 Å². The standard InChI is InChI=1S/C20H20N2O3/c1-2-13-22(17-8-4-3-5-9-17)20(24)25-18-10-6-7-16(14-18)21-19(23)15-11-12-15/h2-10,14-15H,1,11-13H2,(H,21,23). The van der Waals surface area contributed by atoms with E-state index in [0.29, 0.717) is 18.0 Å². The van der Waals surface area contributed by atoms with Gasteiger partial charge in [0.1, 0.15) is 5.75 Å². The second-order valence-electron chi connectivity index (χ2n) is 5.89. The predicted molar refractivity (Wildman–Crippen MR) is 97.8 cm³/mol. The Bertz CT molecular complexity index is 770. The molecule has 2 amide bonds. The monoisotopic (exact) mass is 336 g/mol. The number of carbonyl (C=O) groups is 2. The van der Waals surface area contributed by atoms with Crippen LogP contribution in [0.1, 0.15) is 12.8 Å². The van der Waals surface area contributed by atoms with Crippen LogP contribution in [0.15, 0.2) is 67.3 Å². The first-order valence-electron chi connectivity index (χ1n) is 8.23. The first kappa shape index (κ1) is 16.8. The van der Waals surface area contributed by atoms with Crippen LogP contribution in [0.5, 0.6) is 5.75 Å². The molecule has 0 saturated heterocycles. The van der Waals surface area contributed by atoms with Crippen molar-refractivity contribution in [3.8, 4) is 5.75 Å². The number of nitrogens with one attached hydrogen (secondary N) is 1. The molecule has 0 aliphatic heterocycles. The van der Waals surface area contributed by atoms with Crippen LogP contribution in [0.2, 0.25) is 0 Å². The molecule has 1 N–H and O–H groups in total. The average molecular weight is 336 g/mol. The van der Waals surface area contributed by atoms with Crippen LogP contribution in [0.3, 0.4) is 0 Å². The summed E-state index contributed by atoms with van der Waals surface area (Å²) < 4.78 is 5.47. The fourth-order valence-electron chi connectivity index (χ4n) is 2.41. The molecule has 3 rings (SSSR count). The number of carbonyl (C=O) groups excluding carboxylic acids is 2. The minimum Gasteiger partial charge on any atom is -0.410 e. The Hall–Kier alpha value is -3.08. The highest BCUT2D eigenvalue weighted by molar-refractivity contribution is 5.94. The van der Waals surface area contributed by atoms with E-state index in [2.05, 4.69) is 11.9 Å². The predicted octanol–water partition coefficient (Wildman–Crippen LogP) is 4.23. The number of ether oxygens (including phenoxy) is 1. The van der Waals surface area contributed by atoms with Gasteiger partial charge in [0, 0.05) is 29.9 Å². The Labute approximate surface area is 146 Å². The molecule has 0 unspecified atom stereocenters. The Balaban J connectivity index is 1.70. The van der Waals surface area contributed by atoms with Crippen molar-refractivity contribution < 1.29 is 14.3 Å². The summed E-state index contributed by atoms with van der Waals surface area (Å²) in [4.78, 5) is 25.9. The number of amides is 2. The summed E-state index contributed by atoms with van der Waals surface area (Å²) in [6.45, 7) is 4.02. The minimum atomic E-state index is -0.503. The van der Waals surface area contributed by atoms with Gasteiger partial charge in [-0.05, 0) is 37.1 Å². The van der Waals surface area contributed by atoms with Crippen LogP contribution < -0.4 is 15.0 Å². The van der Waals surface area contributed by atoms with Crippen LogP contribution >= 0.6 is 0 Å². The van der Waals surface area contributed by atoms with E-state index in [1.165, 1.54) is 4.90 Å². The summed E-state index contributed by atoms with van der Waals surface area (Å²) in [7, 11) is 0. The van der Waals surface area contributed by atoms with Crippen LogP contribution in [-0.4, -0.2) is 18.5 Å². The molecular weight excluding hydrogens is 316 g/mol. The molecule has 25 heavy (non-hydrogen) atoms. The molecule has 0 spiro atoms. The summed E-state index contributed by atoms with van der Waals surface area (Å²) >= 11 is 0. The summed E-state index contributed by atoms with van der Waals surface area (Å²) in [6, 6.07) is 16.1. The van der Waals surface area contributed by atoms with E-state index in [4.69, 9.17) is 4.74 Å². The van der Waals surface area contributed by atoms with E-state index < -0.39 is 6.09 Å². The lowest BCUT2D eigenvalue weighted by molar-refractivity contribution is -0.117. The van der Waals surface area contributed by atoms with Gasteiger partial charge < -0.3 is 10.1 Å². The smallest absolute Gasteiger partial charge is 0.410 e. The first-order valence-corrected chi connectivity index (χ1v) is 8.23. The number of hydrogen-bond acceptors (Lipinski definition) is 3. The number of para-hydroxylation sites is 1. The third-order valence-corrected chi connectivity index (χ3v) is 3.85. The SMILES string of the molecule is C=CCN(C(=O)Oc1cccc(NC(=O)C2CC2)c1)c1ccccc1. The van der Waals surface area contributed by atoms with Crippen molar-refractivity contribution in [1.82, 2.24) is 0 Å². The van der Waals surface area contributed by atoms with Crippen molar-refractivity contribution >= 4 is 23.4 Å². The van der Waals surface area contributed by atoms with E-state index in [9.17, 15) is 9.59 Å². The molecule has 1 aliphatic rings. The molecule has 0 bridgehead atoms. The normalized spacial score (nSPS) is 13.0. The molecule has 1 fully saturated rings. The van der Waals surface area contributed by atoms with Gasteiger partial charge in [0.25, 0.3) is 0 Å². The van der Waals surface area contributed by atoms with Gasteiger partial charge in [0.15, 0.2) is 0 Å². The maximum absolute atomic E-state index is 12.5. The fourth-order valence-corrected chi connectivity index (χ4v) is 2.41. The number of hydrogen-bond donors (Lipinski definition) is 1. The lowest BCUT2D eigenvalue weighted by Gasteiger charge is -2.20. The topological polar surface area (TPSA) is 58.6 Å². The first-order chi connectivity index (χ1) is 12.2. The quantitative estimate of drug-likeness (QED) is 0.803. The highest BCUT2D eigenvalue weighted by Gasteiger charge is 2.29. The Morgan fingerprint density at radius 2 is 1.92 bits per heavy atom. The van der Waals surface area contributed by atoms with Gasteiger partial charge in [0.05, 0.1) is 0 Å². The molecule has 2 aromatic carbocycles. The summed E-state index contributed by atoms with van der Waals surface area (Å²) in [5, 5.41) is 2.84. The number of rotatable bonds is 6. The van der Waals surface area contributed by atoms with Gasteiger partial charge in [-0.3, -0.25) is 9.69 Å². The highest BCUT2D eigenvalue weighted by Crippen LogP contribution is 2.30. The van der Waals surface area contributed by atoms with Crippen molar-refractivity contribution in [1.29, 1.82) is 0 Å². The van der Waals surface area contributed by atoms with E-state index in [0.717, 1.165) is 18.5 Å². The van der Waals surface area contributed by atoms with Crippen LogP contribution in [0, 0.1) is 5.92 Å². The van der Waals surface area contributed by atoms with Crippen molar-refractivity contribution in [2.75, 3.05) is 16.8 Å². The van der Waals surface area contributed by atoms with Crippen LogP contribution in [-0.2, 0) is 4.79 Å². The largest absolute Gasteiger partial charge is 0.420 e. The maximum Gasteiger partial charge on any atom is 0.420 e. The van der Waals surface area contributed by atoms with Gasteiger partial charge in [-0.1, -0.05) is 30.3 Å². The van der Waals surface area contributed by atoms with E-state index in [1.807, 2.05) is 30.3 Å². The van der Waals surface area contributed by atoms with E-state index in [1.54, 1.807) is 30.3 Å². The summed E-state index contributed by atoms with van der Waals surface area (Å²) in [5.41, 5.74) is 1.35. The maximum atomic E-state index is 12.5. The molecule has 0 heterocycles. The molecule has 0 radical (unpaired) electrons. The summed E-state index contributed by atoms with van der Waals surface area (Å²) in [6.07, 6.45) is 3.01. The molecule has 0 atom stereocenters. The zero-order valence-corrected chi connectivity index (χ0v) is 13.9. The Morgan fingerprint density at radius 1 is 1.16 bits per heavy atom. The lowest BCUT2D eigenvalue weighted by Crippen LogP contribution is -2.33. The van der Waals surface area contributed by atoms with Crippen LogP contribution in [0.25, 0.3) is 0 Å².